The van der Waals surface area contributed by atoms with Crippen molar-refractivity contribution < 1.29 is 19.3 Å². The van der Waals surface area contributed by atoms with E-state index in [1.807, 2.05) is 20.8 Å². The number of fused-ring (bicyclic) bond motifs is 1. The molecule has 76 valence electrons. The molecule has 2 fully saturated rings. The third-order valence-corrected chi connectivity index (χ3v) is 2.68. The molecule has 4 atom stereocenters. The maximum atomic E-state index is 8.99. The van der Waals surface area contributed by atoms with Crippen molar-refractivity contribution in [3.05, 3.63) is 0 Å². The molecular weight excluding hydrogens is 172 g/mol. The van der Waals surface area contributed by atoms with Gasteiger partial charge in [0, 0.05) is 5.92 Å². The zero-order chi connectivity index (χ0) is 9.64. The van der Waals surface area contributed by atoms with Gasteiger partial charge in [-0.3, -0.25) is 0 Å². The number of hydrogen-bond acceptors (Lipinski definition) is 4. The molecule has 4 nitrogen and oxygen atoms in total. The topological polar surface area (TPSA) is 47.9 Å². The highest BCUT2D eigenvalue weighted by Gasteiger charge is 2.52. The molecule has 0 saturated carbocycles. The SMILES string of the molecule is C[C@H]1[C@H]2OC(C)(C)O[C@H]2O[C@H]1CO. The Labute approximate surface area is 77.8 Å². The van der Waals surface area contributed by atoms with Crippen molar-refractivity contribution >= 4 is 0 Å². The van der Waals surface area contributed by atoms with Gasteiger partial charge in [0.15, 0.2) is 12.1 Å². The lowest BCUT2D eigenvalue weighted by molar-refractivity contribution is -0.212. The molecule has 2 heterocycles. The van der Waals surface area contributed by atoms with Crippen molar-refractivity contribution in [3.8, 4) is 0 Å². The maximum Gasteiger partial charge on any atom is 0.187 e. The predicted molar refractivity (Wildman–Crippen MR) is 44.9 cm³/mol. The summed E-state index contributed by atoms with van der Waals surface area (Å²) in [6.45, 7) is 5.78. The molecule has 2 aliphatic rings. The molecule has 0 spiro atoms. The highest BCUT2D eigenvalue weighted by molar-refractivity contribution is 4.90. The Morgan fingerprint density at radius 3 is 2.54 bits per heavy atom. The number of rotatable bonds is 1. The second-order valence-electron chi connectivity index (χ2n) is 4.18. The smallest absolute Gasteiger partial charge is 0.187 e. The lowest BCUT2D eigenvalue weighted by Gasteiger charge is -2.22. The first-order chi connectivity index (χ1) is 6.03. The molecular formula is C9H16O4. The Bertz CT molecular complexity index is 204. The molecule has 0 aromatic carbocycles. The van der Waals surface area contributed by atoms with Gasteiger partial charge < -0.3 is 19.3 Å². The van der Waals surface area contributed by atoms with Crippen LogP contribution in [-0.2, 0) is 14.2 Å². The molecule has 0 unspecified atom stereocenters. The minimum atomic E-state index is -0.552. The van der Waals surface area contributed by atoms with Crippen molar-refractivity contribution in [2.75, 3.05) is 6.61 Å². The van der Waals surface area contributed by atoms with Crippen LogP contribution in [0.15, 0.2) is 0 Å². The Morgan fingerprint density at radius 2 is 2.00 bits per heavy atom. The molecule has 13 heavy (non-hydrogen) atoms. The maximum absolute atomic E-state index is 8.99. The van der Waals surface area contributed by atoms with Crippen molar-refractivity contribution in [3.63, 3.8) is 0 Å². The molecule has 2 aliphatic heterocycles. The van der Waals surface area contributed by atoms with Crippen LogP contribution >= 0.6 is 0 Å². The van der Waals surface area contributed by atoms with Crippen LogP contribution in [0.3, 0.4) is 0 Å². The first-order valence-corrected chi connectivity index (χ1v) is 4.65. The Kier molecular flexibility index (Phi) is 2.11. The van der Waals surface area contributed by atoms with Gasteiger partial charge in [-0.2, -0.15) is 0 Å². The van der Waals surface area contributed by atoms with Crippen molar-refractivity contribution in [1.82, 2.24) is 0 Å². The van der Waals surface area contributed by atoms with Crippen LogP contribution in [0, 0.1) is 5.92 Å². The second-order valence-corrected chi connectivity index (χ2v) is 4.18. The standard InChI is InChI=1S/C9H16O4/c1-5-6(4-10)11-8-7(5)12-9(2,3)13-8/h5-8,10H,4H2,1-3H3/t5-,6+,7-,8-/m1/s1. The van der Waals surface area contributed by atoms with Gasteiger partial charge in [-0.1, -0.05) is 6.92 Å². The summed E-state index contributed by atoms with van der Waals surface area (Å²) in [5.41, 5.74) is 0. The second kappa shape index (κ2) is 2.92. The summed E-state index contributed by atoms with van der Waals surface area (Å²) in [7, 11) is 0. The van der Waals surface area contributed by atoms with Gasteiger partial charge in [-0.05, 0) is 13.8 Å². The molecule has 0 aliphatic carbocycles. The van der Waals surface area contributed by atoms with E-state index in [1.54, 1.807) is 0 Å². The normalized spacial score (nSPS) is 48.0. The van der Waals surface area contributed by atoms with Gasteiger partial charge in [0.25, 0.3) is 0 Å². The van der Waals surface area contributed by atoms with Crippen molar-refractivity contribution in [2.45, 2.75) is 45.1 Å². The highest BCUT2D eigenvalue weighted by Crippen LogP contribution is 2.40. The van der Waals surface area contributed by atoms with Crippen molar-refractivity contribution in [2.24, 2.45) is 5.92 Å². The van der Waals surface area contributed by atoms with Crippen LogP contribution in [0.2, 0.25) is 0 Å². The van der Waals surface area contributed by atoms with Gasteiger partial charge in [0.2, 0.25) is 0 Å². The summed E-state index contributed by atoms with van der Waals surface area (Å²) < 4.78 is 16.7. The Morgan fingerprint density at radius 1 is 1.31 bits per heavy atom. The zero-order valence-electron chi connectivity index (χ0n) is 8.19. The first kappa shape index (κ1) is 9.40. The van der Waals surface area contributed by atoms with Gasteiger partial charge in [0.1, 0.15) is 6.10 Å². The van der Waals surface area contributed by atoms with Gasteiger partial charge in [-0.25, -0.2) is 0 Å². The van der Waals surface area contributed by atoms with Crippen LogP contribution in [0.25, 0.3) is 0 Å². The lowest BCUT2D eigenvalue weighted by atomic mass is 10.0. The van der Waals surface area contributed by atoms with Crippen LogP contribution in [0.5, 0.6) is 0 Å². The summed E-state index contributed by atoms with van der Waals surface area (Å²) in [6.07, 6.45) is -0.486. The number of hydrogen-bond donors (Lipinski definition) is 1. The molecule has 0 bridgehead atoms. The summed E-state index contributed by atoms with van der Waals surface area (Å²) in [5, 5.41) is 8.99. The highest BCUT2D eigenvalue weighted by atomic mass is 16.8. The largest absolute Gasteiger partial charge is 0.394 e. The van der Waals surface area contributed by atoms with E-state index in [0.717, 1.165) is 0 Å². The van der Waals surface area contributed by atoms with E-state index in [1.165, 1.54) is 0 Å². The molecule has 0 aromatic rings. The van der Waals surface area contributed by atoms with Crippen LogP contribution in [0.4, 0.5) is 0 Å². The van der Waals surface area contributed by atoms with Crippen molar-refractivity contribution in [1.29, 1.82) is 0 Å². The monoisotopic (exact) mass is 188 g/mol. The number of aliphatic hydroxyl groups excluding tert-OH is 1. The average molecular weight is 188 g/mol. The fraction of sp³-hybridized carbons (Fsp3) is 1.00. The van der Waals surface area contributed by atoms with E-state index >= 15 is 0 Å². The van der Waals surface area contributed by atoms with E-state index in [4.69, 9.17) is 19.3 Å². The van der Waals surface area contributed by atoms with E-state index in [2.05, 4.69) is 0 Å². The lowest BCUT2D eigenvalue weighted by Crippen LogP contribution is -2.30. The van der Waals surface area contributed by atoms with Gasteiger partial charge >= 0.3 is 0 Å². The van der Waals surface area contributed by atoms with E-state index in [9.17, 15) is 0 Å². The minimum absolute atomic E-state index is 0.0291. The quantitative estimate of drug-likeness (QED) is 0.650. The Balaban J connectivity index is 2.07. The Hall–Kier alpha value is -0.160. The van der Waals surface area contributed by atoms with E-state index in [-0.39, 0.29) is 31.0 Å². The van der Waals surface area contributed by atoms with Gasteiger partial charge in [-0.15, -0.1) is 0 Å². The average Bonchev–Trinajstić information content (AvgIpc) is 2.47. The predicted octanol–water partition coefficient (Wildman–Crippen LogP) is 0.491. The summed E-state index contributed by atoms with van der Waals surface area (Å²) >= 11 is 0. The third-order valence-electron chi connectivity index (χ3n) is 2.68. The molecule has 2 rings (SSSR count). The summed E-state index contributed by atoms with van der Waals surface area (Å²) in [5.74, 6) is -0.360. The third kappa shape index (κ3) is 1.48. The zero-order valence-corrected chi connectivity index (χ0v) is 8.19. The van der Waals surface area contributed by atoms with Crippen LogP contribution in [0.1, 0.15) is 20.8 Å². The molecule has 1 N–H and O–H groups in total. The molecule has 2 saturated heterocycles. The summed E-state index contributed by atoms with van der Waals surface area (Å²) in [4.78, 5) is 0. The minimum Gasteiger partial charge on any atom is -0.394 e. The summed E-state index contributed by atoms with van der Waals surface area (Å²) in [6, 6.07) is 0. The molecule has 0 amide bonds. The fourth-order valence-corrected chi connectivity index (χ4v) is 1.94. The van der Waals surface area contributed by atoms with Gasteiger partial charge in [0.05, 0.1) is 12.7 Å². The molecule has 0 radical (unpaired) electrons. The first-order valence-electron chi connectivity index (χ1n) is 4.65. The number of ether oxygens (including phenoxy) is 3. The van der Waals surface area contributed by atoms with Crippen LogP contribution in [-0.4, -0.2) is 36.0 Å². The van der Waals surface area contributed by atoms with E-state index < -0.39 is 5.79 Å². The van der Waals surface area contributed by atoms with E-state index in [0.29, 0.717) is 0 Å². The fourth-order valence-electron chi connectivity index (χ4n) is 1.94. The molecule has 4 heteroatoms. The van der Waals surface area contributed by atoms with Crippen LogP contribution < -0.4 is 0 Å². The number of aliphatic hydroxyl groups is 1. The molecule has 0 aromatic heterocycles.